The number of hydrogen-bond acceptors (Lipinski definition) is 4. The van der Waals surface area contributed by atoms with Gasteiger partial charge in [-0.25, -0.2) is 0 Å². The molecule has 112 valence electrons. The molecule has 0 unspecified atom stereocenters. The van der Waals surface area contributed by atoms with Crippen LogP contribution in [0.1, 0.15) is 43.0 Å². The fourth-order valence-corrected chi connectivity index (χ4v) is 1.95. The topological polar surface area (TPSA) is 67.9 Å². The van der Waals surface area contributed by atoms with Gasteiger partial charge in [-0.05, 0) is 25.0 Å². The zero-order valence-electron chi connectivity index (χ0n) is 12.6. The molecule has 0 fully saturated rings. The van der Waals surface area contributed by atoms with Crippen LogP contribution in [-0.4, -0.2) is 21.6 Å². The molecular weight excluding hydrogens is 266 g/mol. The van der Waals surface area contributed by atoms with Crippen molar-refractivity contribution in [3.8, 4) is 6.01 Å². The van der Waals surface area contributed by atoms with E-state index in [2.05, 4.69) is 21.9 Å². The Hall–Kier alpha value is -2.17. The molecule has 0 amide bonds. The van der Waals surface area contributed by atoms with Gasteiger partial charge in [0.2, 0.25) is 0 Å². The van der Waals surface area contributed by atoms with Crippen LogP contribution in [0.15, 0.2) is 29.3 Å². The third kappa shape index (κ3) is 4.70. The molecule has 0 atom stereocenters. The minimum absolute atomic E-state index is 0.250. The number of aryl methyl sites for hydroxylation is 1. The molecule has 0 spiro atoms. The van der Waals surface area contributed by atoms with Crippen LogP contribution in [0.5, 0.6) is 6.01 Å². The summed E-state index contributed by atoms with van der Waals surface area (Å²) >= 11 is 0. The van der Waals surface area contributed by atoms with E-state index in [0.29, 0.717) is 24.6 Å². The van der Waals surface area contributed by atoms with E-state index in [1.165, 1.54) is 0 Å². The number of unbranched alkanes of at least 4 members (excludes halogenated alkanes) is 2. The van der Waals surface area contributed by atoms with Gasteiger partial charge in [0.25, 0.3) is 11.6 Å². The summed E-state index contributed by atoms with van der Waals surface area (Å²) in [5.74, 6) is 0. The highest BCUT2D eigenvalue weighted by atomic mass is 16.5. The Bertz CT molecular complexity index is 620. The lowest BCUT2D eigenvalue weighted by molar-refractivity contribution is 0.281. The molecule has 5 heteroatoms. The molecule has 0 aliphatic rings. The monoisotopic (exact) mass is 287 g/mol. The minimum atomic E-state index is -0.250. The third-order valence-corrected chi connectivity index (χ3v) is 3.20. The normalized spacial score (nSPS) is 10.6. The van der Waals surface area contributed by atoms with E-state index in [9.17, 15) is 4.79 Å². The first-order chi connectivity index (χ1) is 10.2. The summed E-state index contributed by atoms with van der Waals surface area (Å²) in [7, 11) is 0. The Kier molecular flexibility index (Phi) is 5.49. The number of H-pyrrole nitrogens is 1. The highest BCUT2D eigenvalue weighted by molar-refractivity contribution is 5.21. The Morgan fingerprint density at radius 3 is 2.81 bits per heavy atom. The molecule has 5 nitrogen and oxygen atoms in total. The third-order valence-electron chi connectivity index (χ3n) is 3.20. The zero-order valence-corrected chi connectivity index (χ0v) is 12.6. The van der Waals surface area contributed by atoms with E-state index in [0.717, 1.165) is 30.5 Å². The maximum absolute atomic E-state index is 12.0. The number of rotatable bonds is 7. The standard InChI is InChI=1S/C16H21N3O2/c1-3-4-5-8-21-16-18-11-14(15(20)19-16)9-13-7-6-12(2)17-10-13/h6-7,10-11H,3-5,8-9H2,1-2H3,(H,18,19,20). The van der Waals surface area contributed by atoms with Gasteiger partial charge >= 0.3 is 0 Å². The van der Waals surface area contributed by atoms with Crippen molar-refractivity contribution >= 4 is 0 Å². The molecule has 1 N–H and O–H groups in total. The smallest absolute Gasteiger partial charge is 0.296 e. The summed E-state index contributed by atoms with van der Waals surface area (Å²) in [6.07, 6.45) is 7.19. The zero-order chi connectivity index (χ0) is 15.1. The highest BCUT2D eigenvalue weighted by Crippen LogP contribution is 2.07. The number of aromatic amines is 1. The second-order valence-electron chi connectivity index (χ2n) is 5.08. The number of nitrogens with one attached hydrogen (secondary N) is 1. The average Bonchev–Trinajstić information content (AvgIpc) is 2.48. The molecule has 21 heavy (non-hydrogen) atoms. The largest absolute Gasteiger partial charge is 0.465 e. The predicted octanol–water partition coefficient (Wildman–Crippen LogP) is 2.63. The molecule has 0 radical (unpaired) electrons. The van der Waals surface area contributed by atoms with Gasteiger partial charge < -0.3 is 9.72 Å². The lowest BCUT2D eigenvalue weighted by Gasteiger charge is -2.05. The second kappa shape index (κ2) is 7.57. The first-order valence-corrected chi connectivity index (χ1v) is 7.32. The van der Waals surface area contributed by atoms with Gasteiger partial charge in [0, 0.05) is 30.1 Å². The molecular formula is C16H21N3O2. The molecule has 2 heterocycles. The van der Waals surface area contributed by atoms with Gasteiger partial charge in [0.15, 0.2) is 0 Å². The van der Waals surface area contributed by atoms with E-state index in [1.807, 2.05) is 19.1 Å². The lowest BCUT2D eigenvalue weighted by atomic mass is 10.1. The predicted molar refractivity (Wildman–Crippen MR) is 81.7 cm³/mol. The van der Waals surface area contributed by atoms with E-state index < -0.39 is 0 Å². The molecule has 0 aromatic carbocycles. The summed E-state index contributed by atoms with van der Waals surface area (Å²) in [6.45, 7) is 4.65. The van der Waals surface area contributed by atoms with Crippen LogP contribution in [0, 0.1) is 6.92 Å². The fourth-order valence-electron chi connectivity index (χ4n) is 1.95. The number of pyridine rings is 1. The van der Waals surface area contributed by atoms with E-state index in [1.54, 1.807) is 12.4 Å². The van der Waals surface area contributed by atoms with E-state index in [-0.39, 0.29) is 5.56 Å². The van der Waals surface area contributed by atoms with Crippen LogP contribution in [-0.2, 0) is 6.42 Å². The number of aromatic nitrogens is 3. The maximum Gasteiger partial charge on any atom is 0.296 e. The average molecular weight is 287 g/mol. The van der Waals surface area contributed by atoms with Crippen LogP contribution in [0.25, 0.3) is 0 Å². The fraction of sp³-hybridized carbons (Fsp3) is 0.438. The second-order valence-corrected chi connectivity index (χ2v) is 5.08. The van der Waals surface area contributed by atoms with Crippen molar-refractivity contribution in [2.24, 2.45) is 0 Å². The van der Waals surface area contributed by atoms with Crippen LogP contribution in [0.3, 0.4) is 0 Å². The first-order valence-electron chi connectivity index (χ1n) is 7.32. The van der Waals surface area contributed by atoms with Crippen molar-refractivity contribution in [2.45, 2.75) is 39.5 Å². The Balaban J connectivity index is 1.98. The quantitative estimate of drug-likeness (QED) is 0.795. The van der Waals surface area contributed by atoms with Crippen LogP contribution < -0.4 is 10.3 Å². The van der Waals surface area contributed by atoms with Gasteiger partial charge in [-0.2, -0.15) is 4.98 Å². The van der Waals surface area contributed by atoms with Crippen molar-refractivity contribution in [1.82, 2.24) is 15.0 Å². The summed E-state index contributed by atoms with van der Waals surface area (Å²) in [5, 5.41) is 0. The maximum atomic E-state index is 12.0. The van der Waals surface area contributed by atoms with Crippen LogP contribution >= 0.6 is 0 Å². The van der Waals surface area contributed by atoms with Gasteiger partial charge in [-0.1, -0.05) is 25.8 Å². The van der Waals surface area contributed by atoms with Crippen molar-refractivity contribution in [2.75, 3.05) is 6.61 Å². The molecule has 0 saturated carbocycles. The van der Waals surface area contributed by atoms with Gasteiger partial charge in [-0.15, -0.1) is 0 Å². The van der Waals surface area contributed by atoms with Crippen molar-refractivity contribution in [3.63, 3.8) is 0 Å². The van der Waals surface area contributed by atoms with Crippen molar-refractivity contribution < 1.29 is 4.74 Å². The highest BCUT2D eigenvalue weighted by Gasteiger charge is 2.05. The lowest BCUT2D eigenvalue weighted by Crippen LogP contribution is -2.16. The molecule has 0 aliphatic carbocycles. The first kappa shape index (κ1) is 15.2. The van der Waals surface area contributed by atoms with E-state index >= 15 is 0 Å². The number of nitrogens with zero attached hydrogens (tertiary/aromatic N) is 2. The van der Waals surface area contributed by atoms with Gasteiger partial charge in [0.05, 0.1) is 6.61 Å². The summed E-state index contributed by atoms with van der Waals surface area (Å²) in [5.41, 5.74) is 2.31. The van der Waals surface area contributed by atoms with Crippen molar-refractivity contribution in [3.05, 3.63) is 51.7 Å². The molecule has 0 aliphatic heterocycles. The van der Waals surface area contributed by atoms with E-state index in [4.69, 9.17) is 4.74 Å². The van der Waals surface area contributed by atoms with Gasteiger partial charge in [0.1, 0.15) is 0 Å². The van der Waals surface area contributed by atoms with Crippen LogP contribution in [0.4, 0.5) is 0 Å². The number of ether oxygens (including phenoxy) is 1. The van der Waals surface area contributed by atoms with Gasteiger partial charge in [-0.3, -0.25) is 9.78 Å². The SMILES string of the molecule is CCCCCOc1nc(=O)c(Cc2ccc(C)nc2)c[nH]1. The molecule has 2 rings (SSSR count). The summed E-state index contributed by atoms with van der Waals surface area (Å²) in [4.78, 5) is 23.1. The molecule has 0 bridgehead atoms. The molecule has 2 aromatic rings. The Labute approximate surface area is 124 Å². The minimum Gasteiger partial charge on any atom is -0.465 e. The summed E-state index contributed by atoms with van der Waals surface area (Å²) in [6, 6.07) is 4.20. The van der Waals surface area contributed by atoms with Crippen LogP contribution in [0.2, 0.25) is 0 Å². The Morgan fingerprint density at radius 2 is 2.14 bits per heavy atom. The van der Waals surface area contributed by atoms with Crippen molar-refractivity contribution in [1.29, 1.82) is 0 Å². The Morgan fingerprint density at radius 1 is 1.29 bits per heavy atom. The number of hydrogen-bond donors (Lipinski definition) is 1. The molecule has 0 saturated heterocycles. The molecule has 2 aromatic heterocycles. The summed E-state index contributed by atoms with van der Waals surface area (Å²) < 4.78 is 5.43.